The first-order chi connectivity index (χ1) is 10.4. The maximum absolute atomic E-state index is 13.2. The number of nitrogens with one attached hydrogen (secondary N) is 1. The minimum absolute atomic E-state index is 0.0725. The van der Waals surface area contributed by atoms with Gasteiger partial charge in [-0.05, 0) is 18.9 Å². The van der Waals surface area contributed by atoms with Crippen molar-refractivity contribution in [2.75, 3.05) is 18.8 Å². The fourth-order valence-corrected chi connectivity index (χ4v) is 3.85. The Kier molecular flexibility index (Phi) is 8.00. The Hall–Kier alpha value is -0.980. The summed E-state index contributed by atoms with van der Waals surface area (Å²) in [6.45, 7) is 3.96. The molecule has 22 heavy (non-hydrogen) atoms. The molecule has 0 aliphatic rings. The molecule has 4 nitrogen and oxygen atoms in total. The monoisotopic (exact) mass is 331 g/mol. The molecule has 0 amide bonds. The largest absolute Gasteiger partial charge is 0.387 e. The van der Waals surface area contributed by atoms with Crippen LogP contribution in [0, 0.1) is 0 Å². The van der Waals surface area contributed by atoms with Crippen LogP contribution >= 0.6 is 0 Å². The zero-order valence-electron chi connectivity index (χ0n) is 13.3. The fraction of sp³-hybridized carbons (Fsp3) is 0.625. The molecule has 1 aromatic carbocycles. The highest BCUT2D eigenvalue weighted by atomic mass is 32.2. The first-order valence-corrected chi connectivity index (χ1v) is 9.42. The third-order valence-corrected chi connectivity index (χ3v) is 5.39. The molecule has 0 heterocycles. The van der Waals surface area contributed by atoms with Crippen LogP contribution in [0.5, 0.6) is 0 Å². The van der Waals surface area contributed by atoms with E-state index in [4.69, 9.17) is 0 Å². The van der Waals surface area contributed by atoms with Gasteiger partial charge in [-0.1, -0.05) is 38.5 Å². The molecule has 0 spiro atoms. The summed E-state index contributed by atoms with van der Waals surface area (Å²) in [6.07, 6.45) is -0.149. The van der Waals surface area contributed by atoms with E-state index < -0.39 is 22.1 Å². The Labute approximate surface area is 132 Å². The average molecular weight is 331 g/mol. The van der Waals surface area contributed by atoms with E-state index in [1.165, 1.54) is 6.07 Å². The van der Waals surface area contributed by atoms with Crippen LogP contribution in [0.25, 0.3) is 0 Å². The van der Waals surface area contributed by atoms with Gasteiger partial charge in [0.15, 0.2) is 9.84 Å². The van der Waals surface area contributed by atoms with Gasteiger partial charge in [-0.25, -0.2) is 12.8 Å². The van der Waals surface area contributed by atoms with Crippen LogP contribution in [0.4, 0.5) is 4.39 Å². The van der Waals surface area contributed by atoms with Crippen molar-refractivity contribution in [2.45, 2.75) is 50.3 Å². The van der Waals surface area contributed by atoms with Crippen LogP contribution in [-0.2, 0) is 9.84 Å². The van der Waals surface area contributed by atoms with E-state index in [1.807, 2.05) is 6.92 Å². The minimum atomic E-state index is -3.41. The van der Waals surface area contributed by atoms with Gasteiger partial charge in [-0.2, -0.15) is 0 Å². The van der Waals surface area contributed by atoms with Gasteiger partial charge in [0.25, 0.3) is 0 Å². The Morgan fingerprint density at radius 3 is 2.55 bits per heavy atom. The molecule has 2 unspecified atom stereocenters. The summed E-state index contributed by atoms with van der Waals surface area (Å²) in [5, 5.41) is 13.1. The minimum Gasteiger partial charge on any atom is -0.387 e. The standard InChI is InChI=1S/C16H26FNO3S/c1-3-5-10-22(20,21)16-9-7-6-8-14(16)15(19)12-18-11-13(17)4-2/h6-9,13,15,18-19H,3-5,10-12H2,1-2H3. The number of aliphatic hydroxyl groups excluding tert-OH is 1. The summed E-state index contributed by atoms with van der Waals surface area (Å²) >= 11 is 0. The quantitative estimate of drug-likeness (QED) is 0.692. The Bertz CT molecular complexity index is 548. The highest BCUT2D eigenvalue weighted by Crippen LogP contribution is 2.23. The van der Waals surface area contributed by atoms with Gasteiger partial charge in [0.1, 0.15) is 6.17 Å². The molecule has 2 atom stereocenters. The van der Waals surface area contributed by atoms with Crippen molar-refractivity contribution in [3.63, 3.8) is 0 Å². The van der Waals surface area contributed by atoms with Crippen molar-refractivity contribution in [3.05, 3.63) is 29.8 Å². The molecule has 0 aromatic heterocycles. The van der Waals surface area contributed by atoms with E-state index >= 15 is 0 Å². The summed E-state index contributed by atoms with van der Waals surface area (Å²) in [6, 6.07) is 6.48. The third-order valence-electron chi connectivity index (χ3n) is 3.53. The maximum atomic E-state index is 13.2. The number of alkyl halides is 1. The molecule has 0 aliphatic heterocycles. The van der Waals surface area contributed by atoms with Gasteiger partial charge in [-0.15, -0.1) is 0 Å². The number of hydrogen-bond acceptors (Lipinski definition) is 4. The molecule has 1 rings (SSSR count). The first kappa shape index (κ1) is 19.1. The molecule has 6 heteroatoms. The van der Waals surface area contributed by atoms with Crippen molar-refractivity contribution >= 4 is 9.84 Å². The van der Waals surface area contributed by atoms with Crippen LogP contribution in [0.2, 0.25) is 0 Å². The van der Waals surface area contributed by atoms with Gasteiger partial charge in [0, 0.05) is 18.7 Å². The van der Waals surface area contributed by atoms with E-state index in [9.17, 15) is 17.9 Å². The van der Waals surface area contributed by atoms with E-state index in [2.05, 4.69) is 5.32 Å². The maximum Gasteiger partial charge on any atom is 0.178 e. The van der Waals surface area contributed by atoms with Crippen molar-refractivity contribution in [2.24, 2.45) is 0 Å². The molecular weight excluding hydrogens is 305 g/mol. The van der Waals surface area contributed by atoms with Crippen LogP contribution in [-0.4, -0.2) is 38.5 Å². The van der Waals surface area contributed by atoms with Crippen molar-refractivity contribution in [3.8, 4) is 0 Å². The number of unbranched alkanes of at least 4 members (excludes halogenated alkanes) is 1. The second-order valence-corrected chi connectivity index (χ2v) is 7.47. The second kappa shape index (κ2) is 9.22. The molecule has 126 valence electrons. The summed E-state index contributed by atoms with van der Waals surface area (Å²) in [5.41, 5.74) is 0.373. The molecule has 1 aromatic rings. The molecule has 0 fully saturated rings. The SMILES string of the molecule is CCCCS(=O)(=O)c1ccccc1C(O)CNCC(F)CC. The first-order valence-electron chi connectivity index (χ1n) is 7.76. The number of benzene rings is 1. The van der Waals surface area contributed by atoms with Gasteiger partial charge in [-0.3, -0.25) is 0 Å². The number of hydrogen-bond donors (Lipinski definition) is 2. The number of aliphatic hydroxyl groups is 1. The van der Waals surface area contributed by atoms with Gasteiger partial charge >= 0.3 is 0 Å². The lowest BCUT2D eigenvalue weighted by Crippen LogP contribution is -2.28. The van der Waals surface area contributed by atoms with Crippen molar-refractivity contribution < 1.29 is 17.9 Å². The Morgan fingerprint density at radius 2 is 1.91 bits per heavy atom. The number of rotatable bonds is 10. The van der Waals surface area contributed by atoms with Crippen LogP contribution in [0.3, 0.4) is 0 Å². The second-order valence-electron chi connectivity index (χ2n) is 5.39. The summed E-state index contributed by atoms with van der Waals surface area (Å²) < 4.78 is 37.9. The van der Waals surface area contributed by atoms with Gasteiger partial charge in [0.05, 0.1) is 16.8 Å². The summed E-state index contributed by atoms with van der Waals surface area (Å²) in [5.74, 6) is 0.0725. The molecular formula is C16H26FNO3S. The van der Waals surface area contributed by atoms with Crippen LogP contribution in [0.1, 0.15) is 44.8 Å². The Balaban J connectivity index is 2.82. The molecule has 0 bridgehead atoms. The predicted octanol–water partition coefficient (Wildman–Crippen LogP) is 2.63. The molecule has 0 saturated heterocycles. The van der Waals surface area contributed by atoms with E-state index in [-0.39, 0.29) is 23.7 Å². The van der Waals surface area contributed by atoms with Gasteiger partial charge in [0.2, 0.25) is 0 Å². The van der Waals surface area contributed by atoms with Crippen molar-refractivity contribution in [1.29, 1.82) is 0 Å². The fourth-order valence-electron chi connectivity index (χ4n) is 2.11. The topological polar surface area (TPSA) is 66.4 Å². The zero-order valence-corrected chi connectivity index (χ0v) is 14.1. The summed E-state index contributed by atoms with van der Waals surface area (Å²) in [7, 11) is -3.41. The summed E-state index contributed by atoms with van der Waals surface area (Å²) in [4.78, 5) is 0.171. The normalized spacial score (nSPS) is 14.7. The molecule has 0 radical (unpaired) electrons. The smallest absolute Gasteiger partial charge is 0.178 e. The number of sulfone groups is 1. The highest BCUT2D eigenvalue weighted by Gasteiger charge is 2.21. The highest BCUT2D eigenvalue weighted by molar-refractivity contribution is 7.91. The number of halogens is 1. The molecule has 0 saturated carbocycles. The molecule has 0 aliphatic carbocycles. The van der Waals surface area contributed by atoms with Crippen LogP contribution < -0.4 is 5.32 Å². The average Bonchev–Trinajstić information content (AvgIpc) is 2.52. The van der Waals surface area contributed by atoms with Gasteiger partial charge < -0.3 is 10.4 Å². The zero-order chi connectivity index (χ0) is 16.6. The van der Waals surface area contributed by atoms with Crippen LogP contribution in [0.15, 0.2) is 29.2 Å². The lowest BCUT2D eigenvalue weighted by atomic mass is 10.1. The Morgan fingerprint density at radius 1 is 1.23 bits per heavy atom. The third kappa shape index (κ3) is 5.66. The molecule has 2 N–H and O–H groups in total. The lowest BCUT2D eigenvalue weighted by Gasteiger charge is -2.17. The van der Waals surface area contributed by atoms with E-state index in [0.717, 1.165) is 6.42 Å². The van der Waals surface area contributed by atoms with E-state index in [0.29, 0.717) is 18.4 Å². The lowest BCUT2D eigenvalue weighted by molar-refractivity contribution is 0.167. The van der Waals surface area contributed by atoms with Crippen molar-refractivity contribution in [1.82, 2.24) is 5.32 Å². The predicted molar refractivity (Wildman–Crippen MR) is 86.4 cm³/mol. The van der Waals surface area contributed by atoms with E-state index in [1.54, 1.807) is 25.1 Å².